The summed E-state index contributed by atoms with van der Waals surface area (Å²) in [5, 5.41) is 0. The number of methoxy groups -OCH3 is 1. The molecule has 1 aromatic heterocycles. The second kappa shape index (κ2) is 11.2. The zero-order chi connectivity index (χ0) is 28.4. The summed E-state index contributed by atoms with van der Waals surface area (Å²) in [5.74, 6) is -2.42. The van der Waals surface area contributed by atoms with Crippen LogP contribution in [0.3, 0.4) is 0 Å². The number of likely N-dealkylation sites (tertiary alicyclic amines) is 1. The van der Waals surface area contributed by atoms with Crippen LogP contribution in [0.15, 0.2) is 24.3 Å². The number of fused-ring (bicyclic) bond motifs is 1. The first-order valence-electron chi connectivity index (χ1n) is 12.5. The Balaban J connectivity index is 2.04. The molecular weight excluding hydrogens is 505 g/mol. The average molecular weight is 541 g/mol. The third kappa shape index (κ3) is 7.16. The number of halogens is 3. The van der Waals surface area contributed by atoms with Gasteiger partial charge in [0.1, 0.15) is 12.1 Å². The zero-order valence-corrected chi connectivity index (χ0v) is 22.5. The molecule has 0 N–H and O–H groups in total. The minimum Gasteiger partial charge on any atom is -0.469 e. The lowest BCUT2D eigenvalue weighted by atomic mass is 9.92. The molecule has 1 aliphatic rings. The molecule has 1 aromatic carbocycles. The van der Waals surface area contributed by atoms with Gasteiger partial charge in [0.05, 0.1) is 30.1 Å². The molecule has 2 atom stereocenters. The fraction of sp³-hybridized carbons (Fsp3) is 0.615. The van der Waals surface area contributed by atoms with Gasteiger partial charge in [-0.2, -0.15) is 13.2 Å². The number of benzene rings is 1. The number of carbonyl (C=O) groups is 3. The molecule has 1 aliphatic heterocycles. The number of aromatic nitrogens is 2. The van der Waals surface area contributed by atoms with Crippen molar-refractivity contribution in [2.75, 3.05) is 26.7 Å². The van der Waals surface area contributed by atoms with Crippen LogP contribution in [0.4, 0.5) is 18.0 Å². The molecule has 0 aliphatic carbocycles. The van der Waals surface area contributed by atoms with Gasteiger partial charge >= 0.3 is 18.2 Å². The first-order chi connectivity index (χ1) is 17.6. The van der Waals surface area contributed by atoms with Crippen LogP contribution in [-0.2, 0) is 20.8 Å². The van der Waals surface area contributed by atoms with E-state index in [1.54, 1.807) is 39.0 Å². The van der Waals surface area contributed by atoms with E-state index >= 15 is 0 Å². The van der Waals surface area contributed by atoms with Crippen molar-refractivity contribution >= 4 is 29.0 Å². The summed E-state index contributed by atoms with van der Waals surface area (Å²) in [6.45, 7) is 7.74. The van der Waals surface area contributed by atoms with Crippen LogP contribution in [0.1, 0.15) is 51.7 Å². The van der Waals surface area contributed by atoms with Crippen LogP contribution in [0.25, 0.3) is 11.0 Å². The Morgan fingerprint density at radius 2 is 1.79 bits per heavy atom. The molecule has 0 unspecified atom stereocenters. The van der Waals surface area contributed by atoms with Crippen molar-refractivity contribution in [1.29, 1.82) is 0 Å². The van der Waals surface area contributed by atoms with Crippen LogP contribution >= 0.6 is 0 Å². The number of para-hydroxylation sites is 2. The molecule has 12 heteroatoms. The van der Waals surface area contributed by atoms with Crippen LogP contribution in [0, 0.1) is 11.8 Å². The lowest BCUT2D eigenvalue weighted by molar-refractivity contribution is -0.148. The molecular formula is C26H35F3N4O5. The normalized spacial score (nSPS) is 18.5. The smallest absolute Gasteiger partial charge is 0.410 e. The van der Waals surface area contributed by atoms with Crippen LogP contribution in [0.2, 0.25) is 0 Å². The van der Waals surface area contributed by atoms with Crippen LogP contribution < -0.4 is 0 Å². The lowest BCUT2D eigenvalue weighted by Crippen LogP contribution is -2.57. The van der Waals surface area contributed by atoms with E-state index in [0.717, 1.165) is 4.57 Å². The quantitative estimate of drug-likeness (QED) is 0.501. The van der Waals surface area contributed by atoms with Gasteiger partial charge in [-0.1, -0.05) is 26.0 Å². The zero-order valence-electron chi connectivity index (χ0n) is 22.5. The SMILES string of the molecule is COC(=O)[C@@H]1C[C@H](N(CC(C)C)C(=O)c2nc3ccccc3n2CC(F)(F)F)CN(C(=O)OC(C)(C)C)C1. The highest BCUT2D eigenvalue weighted by molar-refractivity contribution is 5.95. The van der Waals surface area contributed by atoms with Gasteiger partial charge in [-0.25, -0.2) is 9.78 Å². The summed E-state index contributed by atoms with van der Waals surface area (Å²) >= 11 is 0. The first kappa shape index (κ1) is 29.2. The molecule has 1 saturated heterocycles. The first-order valence-corrected chi connectivity index (χ1v) is 12.5. The van der Waals surface area contributed by atoms with Crippen molar-refractivity contribution in [2.45, 2.75) is 65.4 Å². The molecule has 0 bridgehead atoms. The van der Waals surface area contributed by atoms with Gasteiger partial charge in [-0.3, -0.25) is 9.59 Å². The number of piperidine rings is 1. The van der Waals surface area contributed by atoms with Gasteiger partial charge in [-0.05, 0) is 45.2 Å². The van der Waals surface area contributed by atoms with E-state index in [0.29, 0.717) is 0 Å². The van der Waals surface area contributed by atoms with E-state index in [4.69, 9.17) is 9.47 Å². The number of esters is 1. The number of alkyl halides is 3. The fourth-order valence-corrected chi connectivity index (χ4v) is 4.61. The topological polar surface area (TPSA) is 94.0 Å². The lowest BCUT2D eigenvalue weighted by Gasteiger charge is -2.42. The van der Waals surface area contributed by atoms with Crippen LogP contribution in [-0.4, -0.2) is 81.9 Å². The highest BCUT2D eigenvalue weighted by Gasteiger charge is 2.41. The number of nitrogens with zero attached hydrogens (tertiary/aromatic N) is 4. The Labute approximate surface area is 219 Å². The molecule has 38 heavy (non-hydrogen) atoms. The summed E-state index contributed by atoms with van der Waals surface area (Å²) in [7, 11) is 1.24. The van der Waals surface area contributed by atoms with E-state index in [1.807, 2.05) is 13.8 Å². The Morgan fingerprint density at radius 1 is 1.13 bits per heavy atom. The van der Waals surface area contributed by atoms with Crippen molar-refractivity contribution < 1.29 is 37.0 Å². The van der Waals surface area contributed by atoms with Gasteiger partial charge in [0.25, 0.3) is 5.91 Å². The second-order valence-corrected chi connectivity index (χ2v) is 11.0. The second-order valence-electron chi connectivity index (χ2n) is 11.0. The van der Waals surface area contributed by atoms with Crippen molar-refractivity contribution in [2.24, 2.45) is 11.8 Å². The molecule has 1 fully saturated rings. The van der Waals surface area contributed by atoms with Crippen molar-refractivity contribution in [1.82, 2.24) is 19.4 Å². The minimum absolute atomic E-state index is 0.0361. The molecule has 0 radical (unpaired) electrons. The van der Waals surface area contributed by atoms with Gasteiger partial charge in [0.2, 0.25) is 5.82 Å². The van der Waals surface area contributed by atoms with Gasteiger partial charge in [0, 0.05) is 19.6 Å². The van der Waals surface area contributed by atoms with Crippen molar-refractivity contribution in [3.05, 3.63) is 30.1 Å². The number of carbonyl (C=O) groups excluding carboxylic acids is 3. The van der Waals surface area contributed by atoms with Crippen molar-refractivity contribution in [3.63, 3.8) is 0 Å². The van der Waals surface area contributed by atoms with E-state index in [1.165, 1.54) is 23.0 Å². The maximum atomic E-state index is 13.9. The Bertz CT molecular complexity index is 1170. The van der Waals surface area contributed by atoms with Crippen LogP contribution in [0.5, 0.6) is 0 Å². The highest BCUT2D eigenvalue weighted by Crippen LogP contribution is 2.28. The standard InChI is InChI=1S/C26H35F3N4O5/c1-16(2)12-32(18-11-17(23(35)37-6)13-31(14-18)24(36)38-25(3,4)5)22(34)21-30-19-9-7-8-10-20(19)33(21)15-26(27,28)29/h7-10,16-18H,11-15H2,1-6H3/t17-,18+/m1/s1. The van der Waals surface area contributed by atoms with E-state index in [-0.39, 0.29) is 48.8 Å². The van der Waals surface area contributed by atoms with Gasteiger partial charge < -0.3 is 23.8 Å². The summed E-state index contributed by atoms with van der Waals surface area (Å²) < 4.78 is 51.9. The Kier molecular flexibility index (Phi) is 8.62. The summed E-state index contributed by atoms with van der Waals surface area (Å²) in [5.41, 5.74) is -0.346. The number of hydrogen-bond donors (Lipinski definition) is 0. The van der Waals surface area contributed by atoms with Gasteiger partial charge in [0.15, 0.2) is 0 Å². The van der Waals surface area contributed by atoms with E-state index in [2.05, 4.69) is 4.98 Å². The van der Waals surface area contributed by atoms with E-state index in [9.17, 15) is 27.6 Å². The number of amides is 2. The fourth-order valence-electron chi connectivity index (χ4n) is 4.61. The summed E-state index contributed by atoms with van der Waals surface area (Å²) in [6, 6.07) is 5.56. The Hall–Kier alpha value is -3.31. The number of rotatable bonds is 6. The Morgan fingerprint density at radius 3 is 2.37 bits per heavy atom. The monoisotopic (exact) mass is 540 g/mol. The maximum absolute atomic E-state index is 13.9. The maximum Gasteiger partial charge on any atom is 0.410 e. The molecule has 0 saturated carbocycles. The molecule has 2 heterocycles. The van der Waals surface area contributed by atoms with E-state index < -0.39 is 48.3 Å². The summed E-state index contributed by atoms with van der Waals surface area (Å²) in [6.07, 6.45) is -5.07. The third-order valence-corrected chi connectivity index (χ3v) is 6.06. The largest absolute Gasteiger partial charge is 0.469 e. The molecule has 2 amide bonds. The molecule has 3 rings (SSSR count). The minimum atomic E-state index is -4.59. The van der Waals surface area contributed by atoms with Crippen molar-refractivity contribution in [3.8, 4) is 0 Å². The third-order valence-electron chi connectivity index (χ3n) is 6.06. The average Bonchev–Trinajstić information content (AvgIpc) is 3.17. The predicted octanol–water partition coefficient (Wildman–Crippen LogP) is 4.50. The molecule has 9 nitrogen and oxygen atoms in total. The molecule has 2 aromatic rings. The predicted molar refractivity (Wildman–Crippen MR) is 133 cm³/mol. The number of ether oxygens (including phenoxy) is 2. The van der Waals surface area contributed by atoms with Gasteiger partial charge in [-0.15, -0.1) is 0 Å². The number of imidazole rings is 1. The molecule has 210 valence electrons. The highest BCUT2D eigenvalue weighted by atomic mass is 19.4. The summed E-state index contributed by atoms with van der Waals surface area (Å²) in [4.78, 5) is 46.4. The molecule has 0 spiro atoms. The number of hydrogen-bond acceptors (Lipinski definition) is 6.